The summed E-state index contributed by atoms with van der Waals surface area (Å²) in [5.41, 5.74) is 5.26. The third-order valence-electron chi connectivity index (χ3n) is 5.02. The number of rotatable bonds is 5. The molecule has 1 aromatic heterocycles. The first-order valence-electron chi connectivity index (χ1n) is 9.25. The maximum Gasteiger partial charge on any atom is 0.121 e. The summed E-state index contributed by atoms with van der Waals surface area (Å²) in [4.78, 5) is 10.6. The number of hydrogen-bond acceptors (Lipinski definition) is 2. The molecule has 1 aliphatic heterocycles. The quantitative estimate of drug-likeness (QED) is 0.686. The van der Waals surface area contributed by atoms with E-state index in [9.17, 15) is 0 Å². The van der Waals surface area contributed by atoms with E-state index in [-0.39, 0.29) is 0 Å². The van der Waals surface area contributed by atoms with E-state index < -0.39 is 0 Å². The second-order valence-corrected chi connectivity index (χ2v) is 6.86. The van der Waals surface area contributed by atoms with Gasteiger partial charge in [0.2, 0.25) is 0 Å². The highest BCUT2D eigenvalue weighted by Crippen LogP contribution is 2.19. The van der Waals surface area contributed by atoms with E-state index in [1.54, 1.807) is 5.57 Å². The lowest BCUT2D eigenvalue weighted by Gasteiger charge is -2.27. The summed E-state index contributed by atoms with van der Waals surface area (Å²) in [7, 11) is 0. The van der Waals surface area contributed by atoms with Crippen LogP contribution in [0.2, 0.25) is 0 Å². The number of imidazole rings is 1. The Morgan fingerprint density at radius 3 is 2.52 bits per heavy atom. The molecular weight excluding hydrogens is 306 g/mol. The van der Waals surface area contributed by atoms with Crippen LogP contribution >= 0.6 is 0 Å². The molecule has 0 saturated carbocycles. The fraction of sp³-hybridized carbons (Fsp3) is 0.318. The number of nitrogens with one attached hydrogen (secondary N) is 1. The number of piperidine rings is 1. The number of aromatic nitrogens is 2. The molecule has 1 saturated heterocycles. The van der Waals surface area contributed by atoms with Crippen LogP contribution in [-0.4, -0.2) is 28.0 Å². The van der Waals surface area contributed by atoms with Crippen molar-refractivity contribution in [3.8, 4) is 0 Å². The topological polar surface area (TPSA) is 31.9 Å². The number of benzene rings is 2. The van der Waals surface area contributed by atoms with Crippen molar-refractivity contribution in [1.82, 2.24) is 14.9 Å². The second kappa shape index (κ2) is 7.66. The molecule has 25 heavy (non-hydrogen) atoms. The molecule has 3 aromatic rings. The smallest absolute Gasteiger partial charge is 0.121 e. The Balaban J connectivity index is 1.27. The van der Waals surface area contributed by atoms with Crippen molar-refractivity contribution in [3.63, 3.8) is 0 Å². The van der Waals surface area contributed by atoms with Gasteiger partial charge in [-0.3, -0.25) is 4.90 Å². The summed E-state index contributed by atoms with van der Waals surface area (Å²) in [6.45, 7) is 3.19. The van der Waals surface area contributed by atoms with Gasteiger partial charge in [0.05, 0.1) is 17.6 Å². The molecule has 0 aliphatic carbocycles. The van der Waals surface area contributed by atoms with Gasteiger partial charge in [0.15, 0.2) is 0 Å². The van der Waals surface area contributed by atoms with Gasteiger partial charge in [-0.15, -0.1) is 0 Å². The summed E-state index contributed by atoms with van der Waals surface area (Å²) in [5.74, 6) is 1.08. The Labute approximate surface area is 149 Å². The third-order valence-corrected chi connectivity index (χ3v) is 5.02. The SMILES string of the molecule is C(CCc1ccccc1)=C1CCN(Cc2nc3ccccc3[nH]2)CC1. The van der Waals surface area contributed by atoms with Crippen LogP contribution in [0.15, 0.2) is 66.2 Å². The van der Waals surface area contributed by atoms with Crippen LogP contribution in [0.4, 0.5) is 0 Å². The van der Waals surface area contributed by atoms with Crippen LogP contribution in [0, 0.1) is 0 Å². The maximum atomic E-state index is 4.70. The largest absolute Gasteiger partial charge is 0.341 e. The van der Waals surface area contributed by atoms with Crippen LogP contribution in [-0.2, 0) is 13.0 Å². The lowest BCUT2D eigenvalue weighted by atomic mass is 10.0. The van der Waals surface area contributed by atoms with Crippen LogP contribution in [0.3, 0.4) is 0 Å². The highest BCUT2D eigenvalue weighted by Gasteiger charge is 2.15. The minimum Gasteiger partial charge on any atom is -0.341 e. The number of likely N-dealkylation sites (tertiary alicyclic amines) is 1. The normalized spacial score (nSPS) is 15.6. The predicted molar refractivity (Wildman–Crippen MR) is 103 cm³/mol. The van der Waals surface area contributed by atoms with Gasteiger partial charge < -0.3 is 4.98 Å². The molecule has 128 valence electrons. The van der Waals surface area contributed by atoms with E-state index >= 15 is 0 Å². The second-order valence-electron chi connectivity index (χ2n) is 6.86. The standard InChI is InChI=1S/C22H25N3/c1-2-7-18(8-3-1)9-6-10-19-13-15-25(16-14-19)17-22-23-20-11-4-5-12-21(20)24-22/h1-5,7-8,10-12H,6,9,13-17H2,(H,23,24). The van der Waals surface area contributed by atoms with E-state index in [1.807, 2.05) is 6.07 Å². The van der Waals surface area contributed by atoms with Gasteiger partial charge in [0, 0.05) is 13.1 Å². The summed E-state index contributed by atoms with van der Waals surface area (Å²) < 4.78 is 0. The monoisotopic (exact) mass is 331 g/mol. The summed E-state index contributed by atoms with van der Waals surface area (Å²) in [5, 5.41) is 0. The summed E-state index contributed by atoms with van der Waals surface area (Å²) in [6.07, 6.45) is 7.14. The lowest BCUT2D eigenvalue weighted by Crippen LogP contribution is -2.30. The van der Waals surface area contributed by atoms with Gasteiger partial charge >= 0.3 is 0 Å². The number of fused-ring (bicyclic) bond motifs is 1. The van der Waals surface area contributed by atoms with Crippen molar-refractivity contribution in [2.45, 2.75) is 32.2 Å². The van der Waals surface area contributed by atoms with E-state index in [4.69, 9.17) is 4.98 Å². The first kappa shape index (κ1) is 16.1. The molecule has 2 aromatic carbocycles. The van der Waals surface area contributed by atoms with E-state index in [1.165, 1.54) is 18.4 Å². The zero-order valence-electron chi connectivity index (χ0n) is 14.6. The number of aromatic amines is 1. The lowest BCUT2D eigenvalue weighted by molar-refractivity contribution is 0.243. The van der Waals surface area contributed by atoms with E-state index in [2.05, 4.69) is 64.5 Å². The Hall–Kier alpha value is -2.39. The fourth-order valence-corrected chi connectivity index (χ4v) is 3.58. The number of H-pyrrole nitrogens is 1. The fourth-order valence-electron chi connectivity index (χ4n) is 3.58. The van der Waals surface area contributed by atoms with Gasteiger partial charge in [-0.25, -0.2) is 4.98 Å². The number of allylic oxidation sites excluding steroid dienone is 1. The third kappa shape index (κ3) is 4.18. The summed E-state index contributed by atoms with van der Waals surface area (Å²) >= 11 is 0. The van der Waals surface area contributed by atoms with Crippen LogP contribution < -0.4 is 0 Å². The zero-order chi connectivity index (χ0) is 16.9. The average Bonchev–Trinajstić information content (AvgIpc) is 3.06. The molecule has 1 aliphatic rings. The van der Waals surface area contributed by atoms with E-state index in [0.717, 1.165) is 49.3 Å². The van der Waals surface area contributed by atoms with Gasteiger partial charge in [-0.2, -0.15) is 0 Å². The number of para-hydroxylation sites is 2. The molecule has 0 unspecified atom stereocenters. The van der Waals surface area contributed by atoms with E-state index in [0.29, 0.717) is 0 Å². The molecule has 3 heteroatoms. The Kier molecular flexibility index (Phi) is 4.93. The number of hydrogen-bond donors (Lipinski definition) is 1. The van der Waals surface area contributed by atoms with Crippen molar-refractivity contribution in [2.24, 2.45) is 0 Å². The number of aryl methyl sites for hydroxylation is 1. The minimum atomic E-state index is 0.923. The van der Waals surface area contributed by atoms with Crippen molar-refractivity contribution in [3.05, 3.63) is 77.6 Å². The van der Waals surface area contributed by atoms with Crippen LogP contribution in [0.5, 0.6) is 0 Å². The Morgan fingerprint density at radius 1 is 0.960 bits per heavy atom. The van der Waals surface area contributed by atoms with Crippen molar-refractivity contribution in [1.29, 1.82) is 0 Å². The molecule has 2 heterocycles. The minimum absolute atomic E-state index is 0.923. The highest BCUT2D eigenvalue weighted by molar-refractivity contribution is 5.74. The Bertz CT molecular complexity index is 805. The molecule has 4 rings (SSSR count). The van der Waals surface area contributed by atoms with Crippen LogP contribution in [0.1, 0.15) is 30.7 Å². The summed E-state index contributed by atoms with van der Waals surface area (Å²) in [6, 6.07) is 19.0. The first-order valence-corrected chi connectivity index (χ1v) is 9.25. The molecule has 1 N–H and O–H groups in total. The molecule has 0 atom stereocenters. The molecule has 0 bridgehead atoms. The molecule has 1 fully saturated rings. The maximum absolute atomic E-state index is 4.70. The van der Waals surface area contributed by atoms with Gasteiger partial charge in [-0.1, -0.05) is 54.1 Å². The van der Waals surface area contributed by atoms with Crippen molar-refractivity contribution >= 4 is 11.0 Å². The highest BCUT2D eigenvalue weighted by atomic mass is 15.2. The molecule has 3 nitrogen and oxygen atoms in total. The van der Waals surface area contributed by atoms with Gasteiger partial charge in [-0.05, 0) is 43.4 Å². The predicted octanol–water partition coefficient (Wildman–Crippen LogP) is 4.72. The van der Waals surface area contributed by atoms with Gasteiger partial charge in [0.25, 0.3) is 0 Å². The van der Waals surface area contributed by atoms with Crippen molar-refractivity contribution in [2.75, 3.05) is 13.1 Å². The van der Waals surface area contributed by atoms with Gasteiger partial charge in [0.1, 0.15) is 5.82 Å². The van der Waals surface area contributed by atoms with Crippen LogP contribution in [0.25, 0.3) is 11.0 Å². The molecule has 0 spiro atoms. The molecule has 0 amide bonds. The first-order chi connectivity index (χ1) is 12.4. The Morgan fingerprint density at radius 2 is 1.72 bits per heavy atom. The molecular formula is C22H25N3. The molecule has 0 radical (unpaired) electrons. The van der Waals surface area contributed by atoms with Crippen molar-refractivity contribution < 1.29 is 0 Å². The average molecular weight is 331 g/mol. The zero-order valence-corrected chi connectivity index (χ0v) is 14.6. The number of nitrogens with zero attached hydrogens (tertiary/aromatic N) is 2.